The highest BCUT2D eigenvalue weighted by molar-refractivity contribution is 6.30. The molecule has 2 aromatic carbocycles. The number of carbonyl (C=O) groups is 2. The van der Waals surface area contributed by atoms with Gasteiger partial charge in [-0.05, 0) is 42.3 Å². The maximum Gasteiger partial charge on any atom is 0.325 e. The Balaban J connectivity index is 1.86. The molecule has 3 rings (SSSR count). The van der Waals surface area contributed by atoms with Crippen molar-refractivity contribution in [2.75, 3.05) is 0 Å². The molecule has 8 heteroatoms. The molecule has 1 atom stereocenters. The van der Waals surface area contributed by atoms with Crippen LogP contribution in [-0.4, -0.2) is 21.8 Å². The van der Waals surface area contributed by atoms with Crippen molar-refractivity contribution in [3.63, 3.8) is 0 Å². The minimum Gasteiger partial charge on any atom is -0.319 e. The molecule has 25 heavy (non-hydrogen) atoms. The summed E-state index contributed by atoms with van der Waals surface area (Å²) in [6.07, 6.45) is 0. The Morgan fingerprint density at radius 1 is 1.12 bits per heavy atom. The van der Waals surface area contributed by atoms with E-state index in [0.717, 1.165) is 10.5 Å². The SMILES string of the molecule is C[C@@]1(c2ccc([N+](=O)[O-])cc2)NC(=O)N(Cc2ccc(Cl)cc2)C1=O. The van der Waals surface area contributed by atoms with E-state index in [1.54, 1.807) is 31.2 Å². The predicted octanol–water partition coefficient (Wildman–Crippen LogP) is 3.22. The standard InChI is InChI=1S/C17H14ClN3O4/c1-17(12-4-8-14(9-5-12)21(24)25)15(22)20(16(23)19-17)10-11-2-6-13(18)7-3-11/h2-9H,10H2,1H3,(H,19,23)/t17-/m0/s1. The summed E-state index contributed by atoms with van der Waals surface area (Å²) in [6.45, 7) is 1.70. The predicted molar refractivity (Wildman–Crippen MR) is 91.0 cm³/mol. The number of nitrogens with one attached hydrogen (secondary N) is 1. The monoisotopic (exact) mass is 359 g/mol. The van der Waals surface area contributed by atoms with Gasteiger partial charge in [0.2, 0.25) is 0 Å². The van der Waals surface area contributed by atoms with Crippen LogP contribution < -0.4 is 5.32 Å². The number of halogens is 1. The highest BCUT2D eigenvalue weighted by atomic mass is 35.5. The smallest absolute Gasteiger partial charge is 0.319 e. The Bertz CT molecular complexity index is 851. The molecule has 1 N–H and O–H groups in total. The molecular formula is C17H14ClN3O4. The van der Waals surface area contributed by atoms with Gasteiger partial charge >= 0.3 is 6.03 Å². The molecule has 2 aromatic rings. The van der Waals surface area contributed by atoms with Crippen LogP contribution in [0, 0.1) is 10.1 Å². The summed E-state index contributed by atoms with van der Waals surface area (Å²) in [5.41, 5.74) is -0.100. The Morgan fingerprint density at radius 2 is 1.72 bits per heavy atom. The molecule has 0 unspecified atom stereocenters. The van der Waals surface area contributed by atoms with Gasteiger partial charge in [-0.25, -0.2) is 4.79 Å². The molecule has 7 nitrogen and oxygen atoms in total. The number of hydrogen-bond donors (Lipinski definition) is 1. The van der Waals surface area contributed by atoms with Gasteiger partial charge in [0.1, 0.15) is 5.54 Å². The number of nitrogens with zero attached hydrogens (tertiary/aromatic N) is 2. The average molecular weight is 360 g/mol. The summed E-state index contributed by atoms with van der Waals surface area (Å²) >= 11 is 5.84. The van der Waals surface area contributed by atoms with Crippen LogP contribution >= 0.6 is 11.6 Å². The van der Waals surface area contributed by atoms with E-state index in [1.807, 2.05) is 0 Å². The van der Waals surface area contributed by atoms with Crippen molar-refractivity contribution in [2.24, 2.45) is 0 Å². The van der Waals surface area contributed by atoms with Crippen LogP contribution in [-0.2, 0) is 16.9 Å². The summed E-state index contributed by atoms with van der Waals surface area (Å²) in [6, 6.07) is 11.9. The Morgan fingerprint density at radius 3 is 2.28 bits per heavy atom. The summed E-state index contributed by atoms with van der Waals surface area (Å²) in [5, 5.41) is 14.0. The summed E-state index contributed by atoms with van der Waals surface area (Å²) in [7, 11) is 0. The number of hydrogen-bond acceptors (Lipinski definition) is 4. The average Bonchev–Trinajstić information content (AvgIpc) is 2.81. The van der Waals surface area contributed by atoms with Crippen molar-refractivity contribution in [1.82, 2.24) is 10.2 Å². The normalized spacial score (nSPS) is 19.8. The van der Waals surface area contributed by atoms with Gasteiger partial charge in [0.05, 0.1) is 11.5 Å². The molecule has 128 valence electrons. The fourth-order valence-electron chi connectivity index (χ4n) is 2.73. The van der Waals surface area contributed by atoms with Crippen molar-refractivity contribution >= 4 is 29.2 Å². The Hall–Kier alpha value is -2.93. The first-order valence-electron chi connectivity index (χ1n) is 7.45. The highest BCUT2D eigenvalue weighted by Gasteiger charge is 2.48. The van der Waals surface area contributed by atoms with E-state index in [4.69, 9.17) is 11.6 Å². The first kappa shape index (κ1) is 16.9. The molecular weight excluding hydrogens is 346 g/mol. The molecule has 1 fully saturated rings. The largest absolute Gasteiger partial charge is 0.325 e. The first-order chi connectivity index (χ1) is 11.8. The number of benzene rings is 2. The van der Waals surface area contributed by atoms with Crippen LogP contribution in [0.1, 0.15) is 18.1 Å². The maximum absolute atomic E-state index is 12.8. The van der Waals surface area contributed by atoms with Gasteiger partial charge in [-0.3, -0.25) is 19.8 Å². The lowest BCUT2D eigenvalue weighted by atomic mass is 9.92. The number of urea groups is 1. The fraction of sp³-hybridized carbons (Fsp3) is 0.176. The number of amides is 3. The number of nitro benzene ring substituents is 1. The summed E-state index contributed by atoms with van der Waals surface area (Å²) in [5.74, 6) is -0.415. The lowest BCUT2D eigenvalue weighted by Gasteiger charge is -2.22. The van der Waals surface area contributed by atoms with Crippen molar-refractivity contribution in [3.8, 4) is 0 Å². The van der Waals surface area contributed by atoms with Crippen LogP contribution in [0.3, 0.4) is 0 Å². The number of imide groups is 1. The molecule has 0 radical (unpaired) electrons. The van der Waals surface area contributed by atoms with E-state index in [9.17, 15) is 19.7 Å². The van der Waals surface area contributed by atoms with Crippen molar-refractivity contribution in [1.29, 1.82) is 0 Å². The molecule has 0 spiro atoms. The second-order valence-corrected chi connectivity index (χ2v) is 6.31. The Labute approximate surface area is 148 Å². The number of nitro groups is 1. The van der Waals surface area contributed by atoms with Crippen molar-refractivity contribution in [2.45, 2.75) is 19.0 Å². The van der Waals surface area contributed by atoms with Gasteiger partial charge in [0, 0.05) is 17.2 Å². The van der Waals surface area contributed by atoms with E-state index >= 15 is 0 Å². The van der Waals surface area contributed by atoms with Gasteiger partial charge in [0.25, 0.3) is 11.6 Å². The highest BCUT2D eigenvalue weighted by Crippen LogP contribution is 2.31. The molecule has 1 aliphatic heterocycles. The molecule has 0 aliphatic carbocycles. The van der Waals surface area contributed by atoms with Crippen LogP contribution in [0.5, 0.6) is 0 Å². The minimum absolute atomic E-state index is 0.0813. The molecule has 0 bridgehead atoms. The van der Waals surface area contributed by atoms with Gasteiger partial charge < -0.3 is 5.32 Å². The fourth-order valence-corrected chi connectivity index (χ4v) is 2.85. The minimum atomic E-state index is -1.27. The molecule has 1 saturated heterocycles. The third-order valence-corrected chi connectivity index (χ3v) is 4.44. The van der Waals surface area contributed by atoms with Crippen LogP contribution in [0.15, 0.2) is 48.5 Å². The second-order valence-electron chi connectivity index (χ2n) is 5.88. The molecule has 3 amide bonds. The Kier molecular flexibility index (Phi) is 4.18. The maximum atomic E-state index is 12.8. The van der Waals surface area contributed by atoms with E-state index in [0.29, 0.717) is 10.6 Å². The van der Waals surface area contributed by atoms with Crippen LogP contribution in [0.25, 0.3) is 0 Å². The van der Waals surface area contributed by atoms with E-state index in [-0.39, 0.29) is 12.2 Å². The summed E-state index contributed by atoms with van der Waals surface area (Å²) < 4.78 is 0. The zero-order chi connectivity index (χ0) is 18.2. The zero-order valence-electron chi connectivity index (χ0n) is 13.2. The molecule has 1 aliphatic rings. The molecule has 0 saturated carbocycles. The van der Waals surface area contributed by atoms with Crippen molar-refractivity contribution in [3.05, 3.63) is 74.8 Å². The third kappa shape index (κ3) is 3.06. The number of non-ortho nitro benzene ring substituents is 1. The first-order valence-corrected chi connectivity index (χ1v) is 7.82. The third-order valence-electron chi connectivity index (χ3n) is 4.18. The van der Waals surface area contributed by atoms with Crippen LogP contribution in [0.2, 0.25) is 5.02 Å². The van der Waals surface area contributed by atoms with E-state index in [1.165, 1.54) is 24.3 Å². The van der Waals surface area contributed by atoms with Gasteiger partial charge in [-0.1, -0.05) is 23.7 Å². The zero-order valence-corrected chi connectivity index (χ0v) is 14.0. The second kappa shape index (κ2) is 6.18. The van der Waals surface area contributed by atoms with Crippen molar-refractivity contribution < 1.29 is 14.5 Å². The lowest BCUT2D eigenvalue weighted by Crippen LogP contribution is -2.40. The quantitative estimate of drug-likeness (QED) is 0.515. The number of rotatable bonds is 4. The van der Waals surface area contributed by atoms with Gasteiger partial charge in [-0.2, -0.15) is 0 Å². The van der Waals surface area contributed by atoms with E-state index < -0.39 is 22.4 Å². The van der Waals surface area contributed by atoms with Gasteiger partial charge in [-0.15, -0.1) is 0 Å². The summed E-state index contributed by atoms with van der Waals surface area (Å²) in [4.78, 5) is 36.4. The van der Waals surface area contributed by atoms with Crippen LogP contribution in [0.4, 0.5) is 10.5 Å². The van der Waals surface area contributed by atoms with E-state index in [2.05, 4.69) is 5.32 Å². The number of carbonyl (C=O) groups excluding carboxylic acids is 2. The topological polar surface area (TPSA) is 92.6 Å². The lowest BCUT2D eigenvalue weighted by molar-refractivity contribution is -0.384. The molecule has 0 aromatic heterocycles. The molecule has 1 heterocycles. The van der Waals surface area contributed by atoms with Gasteiger partial charge in [0.15, 0.2) is 0 Å².